The van der Waals surface area contributed by atoms with Crippen molar-refractivity contribution < 1.29 is 33.6 Å². The second-order valence-corrected chi connectivity index (χ2v) is 15.8. The van der Waals surface area contributed by atoms with Crippen LogP contribution in [0.1, 0.15) is 119 Å². The van der Waals surface area contributed by atoms with E-state index in [4.69, 9.17) is 22.9 Å². The lowest BCUT2D eigenvalue weighted by molar-refractivity contribution is -0.135. The van der Waals surface area contributed by atoms with Crippen LogP contribution in [0.15, 0.2) is 9.98 Å². The van der Waals surface area contributed by atoms with Gasteiger partial charge in [-0.15, -0.1) is 0 Å². The zero-order chi connectivity index (χ0) is 43.1. The molecule has 0 saturated heterocycles. The van der Waals surface area contributed by atoms with E-state index >= 15 is 0 Å². The van der Waals surface area contributed by atoms with E-state index < -0.39 is 71.7 Å². The summed E-state index contributed by atoms with van der Waals surface area (Å²) in [5, 5.41) is 16.4. The molecule has 0 bridgehead atoms. The van der Waals surface area contributed by atoms with Crippen molar-refractivity contribution in [2.45, 2.75) is 155 Å². The van der Waals surface area contributed by atoms with Crippen LogP contribution in [0.25, 0.3) is 0 Å². The van der Waals surface area contributed by atoms with Crippen LogP contribution in [-0.4, -0.2) is 103 Å². The number of carbonyl (C=O) groups is 7. The first-order valence-electron chi connectivity index (χ1n) is 20.2. The minimum absolute atomic E-state index is 0.0335. The van der Waals surface area contributed by atoms with Crippen LogP contribution >= 0.6 is 0 Å². The van der Waals surface area contributed by atoms with E-state index in [0.717, 1.165) is 32.1 Å². The lowest BCUT2D eigenvalue weighted by Gasteiger charge is -2.30. The molecule has 0 radical (unpaired) electrons. The second kappa shape index (κ2) is 26.8. The highest BCUT2D eigenvalue weighted by Gasteiger charge is 2.34. The number of nitrogens with two attached hydrogens (primary N) is 4. The number of carbonyl (C=O) groups excluding carboxylic acids is 7. The van der Waals surface area contributed by atoms with Gasteiger partial charge in [0.25, 0.3) is 0 Å². The Hall–Kier alpha value is -4.97. The number of aldehydes is 1. The molecule has 324 valence electrons. The van der Waals surface area contributed by atoms with E-state index in [0.29, 0.717) is 25.5 Å². The Morgan fingerprint density at radius 2 is 1.05 bits per heavy atom. The van der Waals surface area contributed by atoms with Crippen molar-refractivity contribution in [3.05, 3.63) is 0 Å². The van der Waals surface area contributed by atoms with Crippen molar-refractivity contribution in [1.29, 1.82) is 0 Å². The van der Waals surface area contributed by atoms with Crippen molar-refractivity contribution in [3.8, 4) is 0 Å². The van der Waals surface area contributed by atoms with E-state index in [2.05, 4.69) is 41.9 Å². The number of aliphatic imine (C=N–C) groups is 2. The Bertz CT molecular complexity index is 1380. The number of nitrogens with one attached hydrogen (secondary N) is 6. The van der Waals surface area contributed by atoms with Gasteiger partial charge in [0.05, 0.1) is 6.04 Å². The molecule has 19 heteroatoms. The van der Waals surface area contributed by atoms with Crippen molar-refractivity contribution in [2.75, 3.05) is 13.1 Å². The van der Waals surface area contributed by atoms with Gasteiger partial charge in [0.15, 0.2) is 11.9 Å². The first-order valence-corrected chi connectivity index (χ1v) is 20.2. The zero-order valence-electron chi connectivity index (χ0n) is 34.7. The first kappa shape index (κ1) is 50.0. The van der Waals surface area contributed by atoms with Gasteiger partial charge in [0.2, 0.25) is 35.4 Å². The van der Waals surface area contributed by atoms with E-state index in [1.165, 1.54) is 13.8 Å². The fourth-order valence-corrected chi connectivity index (χ4v) is 6.61. The average molecular weight is 807 g/mol. The van der Waals surface area contributed by atoms with Crippen molar-refractivity contribution in [1.82, 2.24) is 31.9 Å². The van der Waals surface area contributed by atoms with Crippen LogP contribution in [0.2, 0.25) is 0 Å². The summed E-state index contributed by atoms with van der Waals surface area (Å²) in [6.07, 6.45) is 7.56. The minimum atomic E-state index is -1.07. The molecule has 1 fully saturated rings. The molecule has 0 heterocycles. The number of nitrogens with zero attached hydrogens (tertiary/aromatic N) is 2. The third-order valence-corrected chi connectivity index (χ3v) is 9.46. The Morgan fingerprint density at radius 1 is 0.596 bits per heavy atom. The molecule has 0 aromatic carbocycles. The van der Waals surface area contributed by atoms with Gasteiger partial charge in [-0.05, 0) is 69.6 Å². The molecule has 0 unspecified atom stereocenters. The standard InChI is InChI=1S/C38H70N12O7/c1-22(2)18-29(48-33(54)28(46-25(6)52)15-11-17-44-38(41)42)35(56)49-30(19-23(3)4)36(57)50-31(20-26-12-8-7-9-13-26)34(55)45-24(5)32(53)47-27(21-51)14-10-16-43-37(39)40/h21-24,26-31H,7-20H2,1-6H3,(H,45,55)(H,46,52)(H,47,53)(H,48,54)(H,49,56)(H,50,57)(H4,39,40,43)(H4,41,42,44)/t24-,27-,28-,29-,30-,31-/m0/s1. The van der Waals surface area contributed by atoms with Crippen LogP contribution in [0, 0.1) is 17.8 Å². The van der Waals surface area contributed by atoms with Crippen LogP contribution in [0.4, 0.5) is 0 Å². The summed E-state index contributed by atoms with van der Waals surface area (Å²) in [7, 11) is 0. The van der Waals surface area contributed by atoms with Crippen LogP contribution in [0.5, 0.6) is 0 Å². The molecule has 0 aromatic rings. The number of amides is 6. The molecule has 1 saturated carbocycles. The molecule has 1 aliphatic carbocycles. The first-order chi connectivity index (χ1) is 26.8. The predicted octanol–water partition coefficient (Wildman–Crippen LogP) is -0.696. The van der Waals surface area contributed by atoms with Gasteiger partial charge in [-0.25, -0.2) is 0 Å². The summed E-state index contributed by atoms with van der Waals surface area (Å²) in [6, 6.07) is -5.95. The van der Waals surface area contributed by atoms with E-state index in [1.54, 1.807) is 0 Å². The van der Waals surface area contributed by atoms with Gasteiger partial charge >= 0.3 is 0 Å². The number of guanidine groups is 2. The molecule has 57 heavy (non-hydrogen) atoms. The predicted molar refractivity (Wildman–Crippen MR) is 219 cm³/mol. The van der Waals surface area contributed by atoms with E-state index in [1.807, 2.05) is 27.7 Å². The van der Waals surface area contributed by atoms with Gasteiger partial charge in [-0.3, -0.25) is 38.8 Å². The maximum absolute atomic E-state index is 14.0. The summed E-state index contributed by atoms with van der Waals surface area (Å²) < 4.78 is 0. The Kier molecular flexibility index (Phi) is 23.5. The Morgan fingerprint density at radius 3 is 1.51 bits per heavy atom. The maximum Gasteiger partial charge on any atom is 0.243 e. The van der Waals surface area contributed by atoms with Gasteiger partial charge in [0.1, 0.15) is 36.5 Å². The molecule has 6 amide bonds. The van der Waals surface area contributed by atoms with Gasteiger partial charge in [0, 0.05) is 20.0 Å². The van der Waals surface area contributed by atoms with Crippen LogP contribution in [0.3, 0.4) is 0 Å². The third-order valence-electron chi connectivity index (χ3n) is 9.46. The summed E-state index contributed by atoms with van der Waals surface area (Å²) in [5.41, 5.74) is 21.5. The fourth-order valence-electron chi connectivity index (χ4n) is 6.61. The third kappa shape index (κ3) is 21.8. The van der Waals surface area contributed by atoms with E-state index in [-0.39, 0.29) is 68.4 Å². The normalized spacial score (nSPS) is 16.1. The quantitative estimate of drug-likeness (QED) is 0.0226. The van der Waals surface area contributed by atoms with E-state index in [9.17, 15) is 33.6 Å². The molecule has 1 aliphatic rings. The molecular weight excluding hydrogens is 736 g/mol. The highest BCUT2D eigenvalue weighted by atomic mass is 16.2. The Balaban J connectivity index is 3.20. The fraction of sp³-hybridized carbons (Fsp3) is 0.763. The van der Waals surface area contributed by atoms with Crippen LogP contribution < -0.4 is 54.8 Å². The lowest BCUT2D eigenvalue weighted by Crippen LogP contribution is -2.59. The monoisotopic (exact) mass is 807 g/mol. The lowest BCUT2D eigenvalue weighted by atomic mass is 9.84. The topological polar surface area (TPSA) is 320 Å². The molecular formula is C38H70N12O7. The zero-order valence-corrected chi connectivity index (χ0v) is 34.7. The number of hydrogen-bond acceptors (Lipinski definition) is 9. The molecule has 19 nitrogen and oxygen atoms in total. The van der Waals surface area contributed by atoms with Crippen molar-refractivity contribution >= 4 is 53.6 Å². The van der Waals surface area contributed by atoms with Gasteiger partial charge < -0.3 is 59.6 Å². The molecule has 1 rings (SSSR count). The summed E-state index contributed by atoms with van der Waals surface area (Å²) in [6.45, 7) is 10.8. The molecule has 0 aliphatic heterocycles. The summed E-state index contributed by atoms with van der Waals surface area (Å²) in [5.74, 6) is -3.44. The number of hydrogen-bond donors (Lipinski definition) is 10. The molecule has 0 spiro atoms. The molecule has 0 aromatic heterocycles. The highest BCUT2D eigenvalue weighted by Crippen LogP contribution is 2.27. The number of rotatable bonds is 26. The summed E-state index contributed by atoms with van der Waals surface area (Å²) >= 11 is 0. The maximum atomic E-state index is 14.0. The molecule has 14 N–H and O–H groups in total. The minimum Gasteiger partial charge on any atom is -0.370 e. The molecule has 6 atom stereocenters. The SMILES string of the molecule is CC(=O)N[C@@H](CCCN=C(N)N)C(=O)N[C@@H](CC(C)C)C(=O)N[C@@H](CC(C)C)C(=O)N[C@@H](CC1CCCCC1)C(=O)N[C@@H](C)C(=O)N[C@H](C=O)CCCN=C(N)N. The second-order valence-electron chi connectivity index (χ2n) is 15.8. The largest absolute Gasteiger partial charge is 0.370 e. The average Bonchev–Trinajstić information content (AvgIpc) is 3.12. The highest BCUT2D eigenvalue weighted by molar-refractivity contribution is 5.96. The Labute approximate surface area is 337 Å². The summed E-state index contributed by atoms with van der Waals surface area (Å²) in [4.78, 5) is 99.5. The van der Waals surface area contributed by atoms with Crippen molar-refractivity contribution in [3.63, 3.8) is 0 Å². The van der Waals surface area contributed by atoms with Gasteiger partial charge in [-0.2, -0.15) is 0 Å². The van der Waals surface area contributed by atoms with Gasteiger partial charge in [-0.1, -0.05) is 59.8 Å². The van der Waals surface area contributed by atoms with Crippen molar-refractivity contribution in [2.24, 2.45) is 50.7 Å². The smallest absolute Gasteiger partial charge is 0.243 e. The van der Waals surface area contributed by atoms with Crippen LogP contribution in [-0.2, 0) is 33.6 Å².